The lowest BCUT2D eigenvalue weighted by Gasteiger charge is -2.32. The highest BCUT2D eigenvalue weighted by atomic mass is 16.6. The third kappa shape index (κ3) is 4.44. The first-order valence-corrected chi connectivity index (χ1v) is 4.95. The summed E-state index contributed by atoms with van der Waals surface area (Å²) in [5.74, 6) is 0.186. The summed E-state index contributed by atoms with van der Waals surface area (Å²) in [6.07, 6.45) is -0.950. The van der Waals surface area contributed by atoms with Crippen LogP contribution in [0.2, 0.25) is 0 Å². The van der Waals surface area contributed by atoms with E-state index in [2.05, 4.69) is 0 Å². The molecule has 0 aliphatic rings. The van der Waals surface area contributed by atoms with Crippen molar-refractivity contribution in [3.8, 4) is 0 Å². The predicted molar refractivity (Wildman–Crippen MR) is 57.6 cm³/mol. The zero-order valence-electron chi connectivity index (χ0n) is 10.2. The van der Waals surface area contributed by atoms with Crippen molar-refractivity contribution in [3.05, 3.63) is 0 Å². The summed E-state index contributed by atoms with van der Waals surface area (Å²) in [4.78, 5) is 0. The molecule has 0 aromatic rings. The van der Waals surface area contributed by atoms with Crippen molar-refractivity contribution < 1.29 is 18.9 Å². The Hall–Kier alpha value is -0.200. The van der Waals surface area contributed by atoms with Crippen molar-refractivity contribution in [1.29, 1.82) is 0 Å². The van der Waals surface area contributed by atoms with E-state index >= 15 is 0 Å². The Morgan fingerprint density at radius 3 is 1.80 bits per heavy atom. The zero-order chi connectivity index (χ0) is 11.8. The molecule has 0 saturated heterocycles. The van der Waals surface area contributed by atoms with Gasteiger partial charge in [0.2, 0.25) is 0 Å². The molecule has 0 heterocycles. The molecule has 4 atom stereocenters. The van der Waals surface area contributed by atoms with Gasteiger partial charge in [0.15, 0.2) is 0 Å². The Bertz CT molecular complexity index is 156. The largest absolute Gasteiger partial charge is 0.384 e. The van der Waals surface area contributed by atoms with Crippen LogP contribution in [0, 0.1) is 5.92 Å². The van der Waals surface area contributed by atoms with Gasteiger partial charge in [0.25, 0.3) is 0 Å². The molecule has 92 valence electrons. The first kappa shape index (κ1) is 14.8. The monoisotopic (exact) mass is 221 g/mol. The Morgan fingerprint density at radius 2 is 1.47 bits per heavy atom. The quantitative estimate of drug-likeness (QED) is 0.594. The molecule has 0 rings (SSSR count). The van der Waals surface area contributed by atoms with Crippen molar-refractivity contribution in [2.75, 3.05) is 35.0 Å². The number of methoxy groups -OCH3 is 4. The minimum atomic E-state index is -0.501. The Morgan fingerprint density at radius 1 is 0.933 bits per heavy atom. The molecule has 0 spiro atoms. The summed E-state index contributed by atoms with van der Waals surface area (Å²) in [5, 5.41) is 0. The van der Waals surface area contributed by atoms with E-state index in [0.29, 0.717) is 6.61 Å². The van der Waals surface area contributed by atoms with Gasteiger partial charge in [-0.25, -0.2) is 0 Å². The standard InChI is InChI=1S/C10H23NO4/c1-7(6-12-2)8(13-3)9(14-4)10(11)15-5/h7-10H,6,11H2,1-5H3. The molecule has 0 amide bonds. The van der Waals surface area contributed by atoms with Gasteiger partial charge < -0.3 is 24.7 Å². The first-order valence-electron chi connectivity index (χ1n) is 4.95. The number of nitrogens with two attached hydrogens (primary N) is 1. The molecule has 15 heavy (non-hydrogen) atoms. The number of ether oxygens (including phenoxy) is 4. The molecular formula is C10H23NO4. The molecule has 0 radical (unpaired) electrons. The van der Waals surface area contributed by atoms with Crippen LogP contribution in [0.25, 0.3) is 0 Å². The second kappa shape index (κ2) is 8.01. The minimum Gasteiger partial charge on any atom is -0.384 e. The van der Waals surface area contributed by atoms with Gasteiger partial charge >= 0.3 is 0 Å². The maximum absolute atomic E-state index is 5.77. The lowest BCUT2D eigenvalue weighted by atomic mass is 9.99. The van der Waals surface area contributed by atoms with Gasteiger partial charge in [-0.1, -0.05) is 6.92 Å². The fourth-order valence-corrected chi connectivity index (χ4v) is 1.64. The molecule has 0 aromatic carbocycles. The van der Waals surface area contributed by atoms with Gasteiger partial charge in [-0.15, -0.1) is 0 Å². The number of rotatable bonds is 8. The summed E-state index contributed by atoms with van der Waals surface area (Å²) in [5.41, 5.74) is 5.77. The van der Waals surface area contributed by atoms with E-state index in [1.165, 1.54) is 0 Å². The van der Waals surface area contributed by atoms with E-state index < -0.39 is 6.23 Å². The van der Waals surface area contributed by atoms with Crippen LogP contribution >= 0.6 is 0 Å². The van der Waals surface area contributed by atoms with Gasteiger partial charge in [0.05, 0.1) is 12.7 Å². The van der Waals surface area contributed by atoms with E-state index in [4.69, 9.17) is 24.7 Å². The normalized spacial score (nSPS) is 19.6. The van der Waals surface area contributed by atoms with E-state index in [9.17, 15) is 0 Å². The third-order valence-corrected chi connectivity index (χ3v) is 2.45. The second-order valence-corrected chi connectivity index (χ2v) is 3.53. The highest BCUT2D eigenvalue weighted by Crippen LogP contribution is 2.16. The summed E-state index contributed by atoms with van der Waals surface area (Å²) in [6.45, 7) is 2.61. The van der Waals surface area contributed by atoms with Gasteiger partial charge in [-0.05, 0) is 0 Å². The Kier molecular flexibility index (Phi) is 7.90. The second-order valence-electron chi connectivity index (χ2n) is 3.53. The fourth-order valence-electron chi connectivity index (χ4n) is 1.64. The summed E-state index contributed by atoms with van der Waals surface area (Å²) >= 11 is 0. The average molecular weight is 221 g/mol. The SMILES string of the molecule is COCC(C)C(OC)C(OC)C(N)OC. The summed E-state index contributed by atoms with van der Waals surface area (Å²) < 4.78 is 20.8. The van der Waals surface area contributed by atoms with Gasteiger partial charge in [-0.3, -0.25) is 0 Å². The predicted octanol–water partition coefficient (Wildman–Crippen LogP) is 0.230. The Labute approximate surface area is 91.8 Å². The molecule has 0 aromatic heterocycles. The molecule has 0 saturated carbocycles. The molecule has 5 heteroatoms. The third-order valence-electron chi connectivity index (χ3n) is 2.45. The van der Waals surface area contributed by atoms with Crippen LogP contribution in [0.5, 0.6) is 0 Å². The summed E-state index contributed by atoms with van der Waals surface area (Å²) in [6, 6.07) is 0. The van der Waals surface area contributed by atoms with Gasteiger partial charge in [-0.2, -0.15) is 0 Å². The molecule has 0 fully saturated rings. The van der Waals surface area contributed by atoms with Crippen LogP contribution in [0.15, 0.2) is 0 Å². The average Bonchev–Trinajstić information content (AvgIpc) is 2.24. The van der Waals surface area contributed by atoms with Crippen molar-refractivity contribution in [2.45, 2.75) is 25.4 Å². The van der Waals surface area contributed by atoms with E-state index in [0.717, 1.165) is 0 Å². The molecule has 4 unspecified atom stereocenters. The zero-order valence-corrected chi connectivity index (χ0v) is 10.2. The Balaban J connectivity index is 4.44. The molecule has 5 nitrogen and oxygen atoms in total. The van der Waals surface area contributed by atoms with Crippen LogP contribution in [0.3, 0.4) is 0 Å². The van der Waals surface area contributed by atoms with Crippen LogP contribution in [-0.4, -0.2) is 53.5 Å². The molecule has 2 N–H and O–H groups in total. The van der Waals surface area contributed by atoms with Crippen LogP contribution < -0.4 is 5.73 Å². The van der Waals surface area contributed by atoms with Crippen molar-refractivity contribution in [3.63, 3.8) is 0 Å². The van der Waals surface area contributed by atoms with E-state index in [1.807, 2.05) is 6.92 Å². The first-order chi connectivity index (χ1) is 7.12. The lowest BCUT2D eigenvalue weighted by molar-refractivity contribution is -0.127. The lowest BCUT2D eigenvalue weighted by Crippen LogP contribution is -2.49. The van der Waals surface area contributed by atoms with Gasteiger partial charge in [0.1, 0.15) is 12.3 Å². The maximum Gasteiger partial charge on any atom is 0.134 e. The fraction of sp³-hybridized carbons (Fsp3) is 1.00. The molecule has 0 aliphatic heterocycles. The van der Waals surface area contributed by atoms with E-state index in [1.54, 1.807) is 28.4 Å². The van der Waals surface area contributed by atoms with Crippen molar-refractivity contribution in [2.24, 2.45) is 11.7 Å². The minimum absolute atomic E-state index is 0.148. The van der Waals surface area contributed by atoms with E-state index in [-0.39, 0.29) is 18.1 Å². The highest BCUT2D eigenvalue weighted by molar-refractivity contribution is 4.79. The summed E-state index contributed by atoms with van der Waals surface area (Å²) in [7, 11) is 6.42. The van der Waals surface area contributed by atoms with Crippen molar-refractivity contribution in [1.82, 2.24) is 0 Å². The topological polar surface area (TPSA) is 62.9 Å². The van der Waals surface area contributed by atoms with Crippen molar-refractivity contribution >= 4 is 0 Å². The number of hydrogen-bond acceptors (Lipinski definition) is 5. The molecular weight excluding hydrogens is 198 g/mol. The number of hydrogen-bond donors (Lipinski definition) is 1. The molecule has 0 bridgehead atoms. The van der Waals surface area contributed by atoms with Gasteiger partial charge in [0, 0.05) is 34.4 Å². The van der Waals surface area contributed by atoms with Crippen LogP contribution in [0.4, 0.5) is 0 Å². The maximum atomic E-state index is 5.77. The molecule has 0 aliphatic carbocycles. The van der Waals surface area contributed by atoms with Crippen LogP contribution in [-0.2, 0) is 18.9 Å². The highest BCUT2D eigenvalue weighted by Gasteiger charge is 2.31. The van der Waals surface area contributed by atoms with Crippen LogP contribution in [0.1, 0.15) is 6.92 Å². The smallest absolute Gasteiger partial charge is 0.134 e.